The summed E-state index contributed by atoms with van der Waals surface area (Å²) in [5, 5.41) is 13.4. The van der Waals surface area contributed by atoms with Gasteiger partial charge in [-0.15, -0.1) is 0 Å². The van der Waals surface area contributed by atoms with Crippen LogP contribution in [0.15, 0.2) is 79.1 Å². The number of aliphatic hydroxyl groups is 1. The molecule has 0 radical (unpaired) electrons. The van der Waals surface area contributed by atoms with E-state index in [1.165, 1.54) is 11.1 Å². The molecule has 0 fully saturated rings. The normalized spacial score (nSPS) is 14.6. The Morgan fingerprint density at radius 3 is 2.63 bits per heavy atom. The molecule has 6 heteroatoms. The number of amides is 1. The minimum atomic E-state index is -0.0553. The highest BCUT2D eigenvalue weighted by molar-refractivity contribution is 5.76. The van der Waals surface area contributed by atoms with Gasteiger partial charge in [-0.25, -0.2) is 0 Å². The molecule has 0 spiro atoms. The van der Waals surface area contributed by atoms with Gasteiger partial charge in [0.15, 0.2) is 0 Å². The number of aliphatic hydroxyl groups excluding tert-OH is 1. The second-order valence-corrected chi connectivity index (χ2v) is 11.2. The van der Waals surface area contributed by atoms with Crippen LogP contribution >= 0.6 is 0 Å². The van der Waals surface area contributed by atoms with E-state index in [9.17, 15) is 9.90 Å². The van der Waals surface area contributed by atoms with E-state index in [-0.39, 0.29) is 18.6 Å². The van der Waals surface area contributed by atoms with E-state index in [1.807, 2.05) is 54.9 Å². The predicted molar refractivity (Wildman–Crippen MR) is 162 cm³/mol. The zero-order valence-corrected chi connectivity index (χ0v) is 24.1. The fourth-order valence-corrected chi connectivity index (χ4v) is 5.82. The third-order valence-corrected chi connectivity index (χ3v) is 8.07. The van der Waals surface area contributed by atoms with Crippen molar-refractivity contribution in [2.24, 2.45) is 0 Å². The number of hydrogen-bond acceptors (Lipinski definition) is 5. The molecule has 1 atom stereocenters. The zero-order chi connectivity index (χ0) is 28.6. The Balaban J connectivity index is 1.32. The molecule has 6 nitrogen and oxygen atoms in total. The first-order valence-corrected chi connectivity index (χ1v) is 14.6. The van der Waals surface area contributed by atoms with Crippen molar-refractivity contribution >= 4 is 5.91 Å². The van der Waals surface area contributed by atoms with Crippen molar-refractivity contribution in [3.05, 3.63) is 129 Å². The summed E-state index contributed by atoms with van der Waals surface area (Å²) in [5.41, 5.74) is 10.0. The maximum Gasteiger partial charge on any atom is 0.220 e. The molecule has 1 amide bonds. The third kappa shape index (κ3) is 7.46. The van der Waals surface area contributed by atoms with Crippen molar-refractivity contribution in [2.45, 2.75) is 78.2 Å². The molecule has 0 saturated carbocycles. The lowest BCUT2D eigenvalue weighted by Crippen LogP contribution is -2.32. The van der Waals surface area contributed by atoms with Gasteiger partial charge in [0, 0.05) is 38.4 Å². The number of carbonyl (C=O) groups excluding carboxylic acids is 1. The number of aryl methyl sites for hydroxylation is 4. The molecule has 1 unspecified atom stereocenters. The Bertz CT molecular complexity index is 1470. The van der Waals surface area contributed by atoms with Crippen LogP contribution in [-0.4, -0.2) is 25.9 Å². The molecule has 1 aliphatic carbocycles. The predicted octanol–water partition coefficient (Wildman–Crippen LogP) is 5.91. The third-order valence-electron chi connectivity index (χ3n) is 8.07. The maximum atomic E-state index is 12.5. The van der Waals surface area contributed by atoms with E-state index in [2.05, 4.69) is 48.3 Å². The summed E-state index contributed by atoms with van der Waals surface area (Å²) in [5.74, 6) is 0.0269. The quantitative estimate of drug-likeness (QED) is 0.244. The van der Waals surface area contributed by atoms with Crippen LogP contribution in [0.3, 0.4) is 0 Å². The van der Waals surface area contributed by atoms with Crippen LogP contribution in [0.5, 0.6) is 0 Å². The number of nitrogens with zero attached hydrogens (tertiary/aromatic N) is 3. The van der Waals surface area contributed by atoms with Crippen LogP contribution < -0.4 is 5.32 Å². The highest BCUT2D eigenvalue weighted by Gasteiger charge is 2.28. The topological polar surface area (TPSA) is 78.4 Å². The summed E-state index contributed by atoms with van der Waals surface area (Å²) < 4.78 is 0. The molecule has 2 N–H and O–H groups in total. The standard InChI is InChI=1S/C35H40N4O2/c1-25-18-26(2)32(37-20-25)23-39(33-12-6-10-29-11-7-17-36-35(29)33)22-30-15-13-28(19-31(30)24-40)21-38-34(41)16-14-27-8-4-3-5-9-27/h3-5,7-9,11,13,15,17-20,33,40H,6,10,12,14,16,21-24H2,1-2H3,(H,38,41). The van der Waals surface area contributed by atoms with Crippen LogP contribution in [0.4, 0.5) is 0 Å². The largest absolute Gasteiger partial charge is 0.392 e. The fourth-order valence-electron chi connectivity index (χ4n) is 5.82. The van der Waals surface area contributed by atoms with Gasteiger partial charge in [-0.2, -0.15) is 0 Å². The van der Waals surface area contributed by atoms with E-state index < -0.39 is 0 Å². The first-order chi connectivity index (χ1) is 20.0. The first-order valence-electron chi connectivity index (χ1n) is 14.6. The fraction of sp³-hybridized carbons (Fsp3) is 0.343. The smallest absolute Gasteiger partial charge is 0.220 e. The Morgan fingerprint density at radius 1 is 0.976 bits per heavy atom. The number of rotatable bonds is 11. The van der Waals surface area contributed by atoms with Crippen LogP contribution in [0, 0.1) is 13.8 Å². The van der Waals surface area contributed by atoms with Gasteiger partial charge < -0.3 is 10.4 Å². The van der Waals surface area contributed by atoms with Gasteiger partial charge in [0.25, 0.3) is 0 Å². The van der Waals surface area contributed by atoms with Gasteiger partial charge in [0.2, 0.25) is 5.91 Å². The summed E-state index contributed by atoms with van der Waals surface area (Å²) in [4.78, 5) is 24.6. The number of fused-ring (bicyclic) bond motifs is 1. The number of carbonyl (C=O) groups is 1. The van der Waals surface area contributed by atoms with E-state index >= 15 is 0 Å². The minimum Gasteiger partial charge on any atom is -0.392 e. The van der Waals surface area contributed by atoms with E-state index in [4.69, 9.17) is 9.97 Å². The Hall–Kier alpha value is -3.87. The number of hydrogen-bond donors (Lipinski definition) is 2. The maximum absolute atomic E-state index is 12.5. The summed E-state index contributed by atoms with van der Waals surface area (Å²) in [6.07, 6.45) is 8.23. The summed E-state index contributed by atoms with van der Waals surface area (Å²) in [7, 11) is 0. The van der Waals surface area contributed by atoms with Crippen molar-refractivity contribution in [3.63, 3.8) is 0 Å². The van der Waals surface area contributed by atoms with Gasteiger partial charge in [-0.3, -0.25) is 19.7 Å². The SMILES string of the molecule is Cc1cnc(CN(Cc2ccc(CNC(=O)CCc3ccccc3)cc2CO)C2CCCc3cccnc32)c(C)c1. The van der Waals surface area contributed by atoms with Crippen LogP contribution in [0.2, 0.25) is 0 Å². The van der Waals surface area contributed by atoms with E-state index in [0.29, 0.717) is 26.1 Å². The van der Waals surface area contributed by atoms with Crippen molar-refractivity contribution in [1.82, 2.24) is 20.2 Å². The molecule has 5 rings (SSSR count). The molecule has 1 aliphatic rings. The number of nitrogens with one attached hydrogen (secondary N) is 1. The van der Waals surface area contributed by atoms with Crippen LogP contribution in [0.25, 0.3) is 0 Å². The van der Waals surface area contributed by atoms with E-state index in [1.54, 1.807) is 0 Å². The molecule has 2 aromatic heterocycles. The molecular weight excluding hydrogens is 508 g/mol. The lowest BCUT2D eigenvalue weighted by atomic mass is 9.90. The second-order valence-electron chi connectivity index (χ2n) is 11.2. The molecule has 4 aromatic rings. The molecule has 2 aromatic carbocycles. The van der Waals surface area contributed by atoms with Crippen molar-refractivity contribution in [2.75, 3.05) is 0 Å². The van der Waals surface area contributed by atoms with Crippen LogP contribution in [-0.2, 0) is 43.9 Å². The Kier molecular flexibility index (Phi) is 9.55. The highest BCUT2D eigenvalue weighted by atomic mass is 16.3. The van der Waals surface area contributed by atoms with Crippen molar-refractivity contribution in [1.29, 1.82) is 0 Å². The molecule has 41 heavy (non-hydrogen) atoms. The molecule has 212 valence electrons. The number of pyridine rings is 2. The average molecular weight is 549 g/mol. The summed E-state index contributed by atoms with van der Waals surface area (Å²) in [6, 6.07) is 22.8. The number of aromatic nitrogens is 2. The number of benzene rings is 2. The van der Waals surface area contributed by atoms with Gasteiger partial charge in [-0.1, -0.05) is 60.7 Å². The minimum absolute atomic E-state index is 0.0269. The lowest BCUT2D eigenvalue weighted by molar-refractivity contribution is -0.121. The zero-order valence-electron chi connectivity index (χ0n) is 24.1. The lowest BCUT2D eigenvalue weighted by Gasteiger charge is -2.35. The molecule has 2 heterocycles. The van der Waals surface area contributed by atoms with Gasteiger partial charge in [0.1, 0.15) is 0 Å². The van der Waals surface area contributed by atoms with Gasteiger partial charge >= 0.3 is 0 Å². The summed E-state index contributed by atoms with van der Waals surface area (Å²) >= 11 is 0. The average Bonchev–Trinajstić information content (AvgIpc) is 3.00. The molecule has 0 aliphatic heterocycles. The van der Waals surface area contributed by atoms with Crippen LogP contribution in [0.1, 0.15) is 75.6 Å². The second kappa shape index (κ2) is 13.7. The van der Waals surface area contributed by atoms with Crippen molar-refractivity contribution < 1.29 is 9.90 Å². The molecular formula is C35H40N4O2. The highest BCUT2D eigenvalue weighted by Crippen LogP contribution is 2.35. The van der Waals surface area contributed by atoms with E-state index in [0.717, 1.165) is 64.9 Å². The first kappa shape index (κ1) is 28.7. The van der Waals surface area contributed by atoms with Gasteiger partial charge in [-0.05, 0) is 84.5 Å². The van der Waals surface area contributed by atoms with Gasteiger partial charge in [0.05, 0.1) is 24.0 Å². The molecule has 0 bridgehead atoms. The van der Waals surface area contributed by atoms with Crippen molar-refractivity contribution in [3.8, 4) is 0 Å². The monoisotopic (exact) mass is 548 g/mol. The molecule has 0 saturated heterocycles. The summed E-state index contributed by atoms with van der Waals surface area (Å²) in [6.45, 7) is 5.97. The Morgan fingerprint density at radius 2 is 1.83 bits per heavy atom. The Labute approximate surface area is 243 Å².